The van der Waals surface area contributed by atoms with Gasteiger partial charge < -0.3 is 0 Å². The molecule has 2 rings (SSSR count). The van der Waals surface area contributed by atoms with Gasteiger partial charge in [-0.25, -0.2) is 9.97 Å². The first-order valence-corrected chi connectivity index (χ1v) is 6.12. The molecule has 2 aromatic rings. The van der Waals surface area contributed by atoms with Crippen LogP contribution in [0.25, 0.3) is 0 Å². The fourth-order valence-corrected chi connectivity index (χ4v) is 1.98. The molecule has 0 aromatic carbocycles. The van der Waals surface area contributed by atoms with E-state index in [1.807, 2.05) is 18.2 Å². The van der Waals surface area contributed by atoms with E-state index in [0.717, 1.165) is 20.9 Å². The molecule has 3 nitrogen and oxygen atoms in total. The summed E-state index contributed by atoms with van der Waals surface area (Å²) in [4.78, 5) is 12.3. The molecule has 0 aliphatic heterocycles. The van der Waals surface area contributed by atoms with Gasteiger partial charge in [-0.1, -0.05) is 11.8 Å². The molecule has 0 saturated carbocycles. The van der Waals surface area contributed by atoms with Gasteiger partial charge in [0.25, 0.3) is 0 Å². The summed E-state index contributed by atoms with van der Waals surface area (Å²) < 4.78 is 0.998. The van der Waals surface area contributed by atoms with Gasteiger partial charge >= 0.3 is 0 Å². The van der Waals surface area contributed by atoms with Crippen LogP contribution in [-0.2, 0) is 5.75 Å². The van der Waals surface area contributed by atoms with Gasteiger partial charge in [0, 0.05) is 22.6 Å². The highest BCUT2D eigenvalue weighted by Crippen LogP contribution is 2.19. The molecule has 0 aliphatic rings. The Hall–Kier alpha value is -0.940. The molecule has 0 bridgehead atoms. The average molecular weight is 282 g/mol. The van der Waals surface area contributed by atoms with Gasteiger partial charge in [-0.3, -0.25) is 4.98 Å². The Morgan fingerprint density at radius 1 is 1.20 bits per heavy atom. The highest BCUT2D eigenvalue weighted by atomic mass is 79.9. The lowest BCUT2D eigenvalue weighted by molar-refractivity contribution is 1.04. The molecule has 0 radical (unpaired) electrons. The molecule has 0 atom stereocenters. The highest BCUT2D eigenvalue weighted by Gasteiger charge is 1.97. The van der Waals surface area contributed by atoms with Crippen molar-refractivity contribution in [3.63, 3.8) is 0 Å². The first-order valence-electron chi connectivity index (χ1n) is 4.34. The van der Waals surface area contributed by atoms with Crippen molar-refractivity contribution in [2.45, 2.75) is 10.8 Å². The number of nitrogens with zero attached hydrogens (tertiary/aromatic N) is 3. The third-order valence-corrected chi connectivity index (χ3v) is 3.16. The first kappa shape index (κ1) is 10.6. The second-order valence-corrected chi connectivity index (χ2v) is 4.72. The second kappa shape index (κ2) is 5.23. The van der Waals surface area contributed by atoms with E-state index in [9.17, 15) is 0 Å². The van der Waals surface area contributed by atoms with E-state index < -0.39 is 0 Å². The third kappa shape index (κ3) is 3.28. The summed E-state index contributed by atoms with van der Waals surface area (Å²) >= 11 is 5.00. The van der Waals surface area contributed by atoms with E-state index in [-0.39, 0.29) is 0 Å². The second-order valence-electron chi connectivity index (χ2n) is 2.80. The van der Waals surface area contributed by atoms with Crippen molar-refractivity contribution in [1.29, 1.82) is 0 Å². The Morgan fingerprint density at radius 2 is 2.13 bits per heavy atom. The Bertz CT molecular complexity index is 418. The number of rotatable bonds is 3. The number of pyridine rings is 1. The Balaban J connectivity index is 1.96. The van der Waals surface area contributed by atoms with Crippen molar-refractivity contribution in [3.05, 3.63) is 47.1 Å². The molecule has 0 saturated heterocycles. The number of hydrogen-bond acceptors (Lipinski definition) is 4. The largest absolute Gasteiger partial charge is 0.259 e. The van der Waals surface area contributed by atoms with Crippen LogP contribution in [0.4, 0.5) is 0 Å². The fourth-order valence-electron chi connectivity index (χ4n) is 1.00. The molecule has 76 valence electrons. The van der Waals surface area contributed by atoms with E-state index >= 15 is 0 Å². The van der Waals surface area contributed by atoms with E-state index in [2.05, 4.69) is 30.9 Å². The predicted molar refractivity (Wildman–Crippen MR) is 63.5 cm³/mol. The van der Waals surface area contributed by atoms with Gasteiger partial charge in [0.05, 0.1) is 10.7 Å². The molecule has 0 amide bonds. The lowest BCUT2D eigenvalue weighted by Crippen LogP contribution is -1.87. The topological polar surface area (TPSA) is 38.7 Å². The zero-order chi connectivity index (χ0) is 10.5. The zero-order valence-electron chi connectivity index (χ0n) is 7.80. The van der Waals surface area contributed by atoms with Crippen LogP contribution in [0.5, 0.6) is 0 Å². The molecule has 0 N–H and O–H groups in total. The molecule has 2 aromatic heterocycles. The highest BCUT2D eigenvalue weighted by molar-refractivity contribution is 9.10. The van der Waals surface area contributed by atoms with Crippen molar-refractivity contribution < 1.29 is 0 Å². The SMILES string of the molecule is Brc1ccc(CSc2ccncn2)nc1. The molecular formula is C10H8BrN3S. The summed E-state index contributed by atoms with van der Waals surface area (Å²) in [5.74, 6) is 0.824. The van der Waals surface area contributed by atoms with Gasteiger partial charge in [0.1, 0.15) is 6.33 Å². The van der Waals surface area contributed by atoms with Crippen LogP contribution in [0.1, 0.15) is 5.69 Å². The fraction of sp³-hybridized carbons (Fsp3) is 0.100. The van der Waals surface area contributed by atoms with Gasteiger partial charge in [-0.15, -0.1) is 0 Å². The van der Waals surface area contributed by atoms with E-state index in [0.29, 0.717) is 0 Å². The Morgan fingerprint density at radius 3 is 2.80 bits per heavy atom. The Labute approximate surface area is 101 Å². The van der Waals surface area contributed by atoms with Crippen LogP contribution in [0.15, 0.2) is 46.4 Å². The third-order valence-electron chi connectivity index (χ3n) is 1.71. The maximum Gasteiger partial charge on any atom is 0.116 e. The molecule has 0 aliphatic carbocycles. The van der Waals surface area contributed by atoms with E-state index in [1.54, 1.807) is 30.5 Å². The minimum Gasteiger partial charge on any atom is -0.259 e. The van der Waals surface area contributed by atoms with Crippen molar-refractivity contribution >= 4 is 27.7 Å². The normalized spacial score (nSPS) is 10.2. The van der Waals surface area contributed by atoms with E-state index in [4.69, 9.17) is 0 Å². The van der Waals surface area contributed by atoms with Gasteiger partial charge in [-0.2, -0.15) is 0 Å². The predicted octanol–water partition coefficient (Wildman–Crippen LogP) is 2.93. The van der Waals surface area contributed by atoms with Crippen LogP contribution < -0.4 is 0 Å². The quantitative estimate of drug-likeness (QED) is 0.641. The summed E-state index contributed by atoms with van der Waals surface area (Å²) in [6.07, 6.45) is 5.09. The van der Waals surface area contributed by atoms with Crippen molar-refractivity contribution in [2.24, 2.45) is 0 Å². The first-order chi connectivity index (χ1) is 7.34. The lowest BCUT2D eigenvalue weighted by Gasteiger charge is -1.99. The average Bonchev–Trinajstić information content (AvgIpc) is 2.30. The summed E-state index contributed by atoms with van der Waals surface area (Å²) in [5, 5.41) is 0.967. The zero-order valence-corrected chi connectivity index (χ0v) is 10.2. The van der Waals surface area contributed by atoms with Crippen molar-refractivity contribution in [1.82, 2.24) is 15.0 Å². The minimum atomic E-state index is 0.824. The minimum absolute atomic E-state index is 0.824. The van der Waals surface area contributed by atoms with Crippen LogP contribution in [-0.4, -0.2) is 15.0 Å². The van der Waals surface area contributed by atoms with Crippen LogP contribution in [0.2, 0.25) is 0 Å². The van der Waals surface area contributed by atoms with Gasteiger partial charge in [-0.05, 0) is 34.1 Å². The summed E-state index contributed by atoms with van der Waals surface area (Å²) in [7, 11) is 0. The molecule has 0 fully saturated rings. The molecular weight excluding hydrogens is 274 g/mol. The summed E-state index contributed by atoms with van der Waals surface area (Å²) in [6.45, 7) is 0. The van der Waals surface area contributed by atoms with Gasteiger partial charge in [0.2, 0.25) is 0 Å². The summed E-state index contributed by atoms with van der Waals surface area (Å²) in [5.41, 5.74) is 1.04. The van der Waals surface area contributed by atoms with E-state index in [1.165, 1.54) is 0 Å². The Kier molecular flexibility index (Phi) is 3.69. The van der Waals surface area contributed by atoms with Crippen LogP contribution in [0.3, 0.4) is 0 Å². The number of hydrogen-bond donors (Lipinski definition) is 0. The van der Waals surface area contributed by atoms with Crippen molar-refractivity contribution in [2.75, 3.05) is 0 Å². The van der Waals surface area contributed by atoms with Gasteiger partial charge in [0.15, 0.2) is 0 Å². The maximum atomic E-state index is 4.28. The monoisotopic (exact) mass is 281 g/mol. The number of thioether (sulfide) groups is 1. The summed E-state index contributed by atoms with van der Waals surface area (Å²) in [6, 6.07) is 5.88. The molecule has 0 unspecified atom stereocenters. The van der Waals surface area contributed by atoms with Crippen molar-refractivity contribution in [3.8, 4) is 0 Å². The molecule has 15 heavy (non-hydrogen) atoms. The number of aromatic nitrogens is 3. The maximum absolute atomic E-state index is 4.28. The number of halogens is 1. The van der Waals surface area contributed by atoms with Crippen LogP contribution >= 0.6 is 27.7 Å². The smallest absolute Gasteiger partial charge is 0.116 e. The lowest BCUT2D eigenvalue weighted by atomic mass is 10.4. The van der Waals surface area contributed by atoms with Crippen LogP contribution in [0, 0.1) is 0 Å². The molecule has 5 heteroatoms. The molecule has 2 heterocycles. The standard InChI is InChI=1S/C10H8BrN3S/c11-8-1-2-9(13-5-8)6-15-10-3-4-12-7-14-10/h1-5,7H,6H2. The molecule has 0 spiro atoms.